The predicted octanol–water partition coefficient (Wildman–Crippen LogP) is 1.73. The number of hydrogen-bond donors (Lipinski definition) is 1. The lowest BCUT2D eigenvalue weighted by atomic mass is 10.2. The fourth-order valence-corrected chi connectivity index (χ4v) is 3.61. The number of hydrogen-bond acceptors (Lipinski definition) is 5. The smallest absolute Gasteiger partial charge is 0.341 e. The van der Waals surface area contributed by atoms with Gasteiger partial charge >= 0.3 is 5.76 Å². The lowest BCUT2D eigenvalue weighted by molar-refractivity contribution is -0.121. The summed E-state index contributed by atoms with van der Waals surface area (Å²) in [7, 11) is -4.79. The zero-order chi connectivity index (χ0) is 17.9. The summed E-state index contributed by atoms with van der Waals surface area (Å²) >= 11 is 0. The van der Waals surface area contributed by atoms with Gasteiger partial charge in [0.1, 0.15) is 0 Å². The quantitative estimate of drug-likeness (QED) is 0.863. The highest BCUT2D eigenvalue weighted by molar-refractivity contribution is 7.91. The standard InChI is InChI=1S/C15H20F2N2O4S/c1-10-7-19(8-11(2)23-10)9-14(20)18-12-5-3-4-6-13(12)24(21,22)15(16)17/h3-6,10-11,15H,7-9H2,1-2H3,(H,18,20). The van der Waals surface area contributed by atoms with Crippen LogP contribution < -0.4 is 5.32 Å². The predicted molar refractivity (Wildman–Crippen MR) is 84.7 cm³/mol. The second-order valence-electron chi connectivity index (χ2n) is 5.80. The zero-order valence-electron chi connectivity index (χ0n) is 13.4. The van der Waals surface area contributed by atoms with Gasteiger partial charge in [-0.1, -0.05) is 12.1 Å². The van der Waals surface area contributed by atoms with Gasteiger partial charge in [-0.25, -0.2) is 8.42 Å². The monoisotopic (exact) mass is 362 g/mol. The highest BCUT2D eigenvalue weighted by Gasteiger charge is 2.30. The van der Waals surface area contributed by atoms with Gasteiger partial charge in [0.05, 0.1) is 29.3 Å². The molecule has 2 rings (SSSR count). The van der Waals surface area contributed by atoms with E-state index in [1.807, 2.05) is 18.7 Å². The third kappa shape index (κ3) is 4.49. The number of carbonyl (C=O) groups excluding carboxylic acids is 1. The average molecular weight is 362 g/mol. The number of halogens is 2. The molecule has 0 aliphatic carbocycles. The molecule has 2 unspecified atom stereocenters. The van der Waals surface area contributed by atoms with Gasteiger partial charge < -0.3 is 10.1 Å². The molecule has 1 amide bonds. The summed E-state index contributed by atoms with van der Waals surface area (Å²) < 4.78 is 54.4. The molecule has 0 spiro atoms. The number of sulfone groups is 1. The molecule has 134 valence electrons. The van der Waals surface area contributed by atoms with E-state index in [1.54, 1.807) is 0 Å². The van der Waals surface area contributed by atoms with Gasteiger partial charge in [0.25, 0.3) is 0 Å². The Labute approximate surface area is 139 Å². The van der Waals surface area contributed by atoms with E-state index in [1.165, 1.54) is 18.2 Å². The number of benzene rings is 1. The molecule has 1 aromatic carbocycles. The molecule has 1 heterocycles. The van der Waals surface area contributed by atoms with E-state index in [-0.39, 0.29) is 24.4 Å². The van der Waals surface area contributed by atoms with Crippen LogP contribution in [0.2, 0.25) is 0 Å². The van der Waals surface area contributed by atoms with Crippen LogP contribution in [0.25, 0.3) is 0 Å². The minimum absolute atomic E-state index is 0.0203. The Kier molecular flexibility index (Phi) is 5.89. The van der Waals surface area contributed by atoms with Gasteiger partial charge in [-0.15, -0.1) is 0 Å². The summed E-state index contributed by atoms with van der Waals surface area (Å²) in [6.07, 6.45) is -0.0407. The first-order valence-electron chi connectivity index (χ1n) is 7.49. The van der Waals surface area contributed by atoms with Crippen molar-refractivity contribution in [3.05, 3.63) is 24.3 Å². The van der Waals surface area contributed by atoms with E-state index in [0.717, 1.165) is 6.07 Å². The lowest BCUT2D eigenvalue weighted by Gasteiger charge is -2.34. The van der Waals surface area contributed by atoms with Crippen LogP contribution in [0, 0.1) is 0 Å². The summed E-state index contributed by atoms with van der Waals surface area (Å²) in [5.74, 6) is -4.01. The van der Waals surface area contributed by atoms with E-state index in [4.69, 9.17) is 4.74 Å². The number of ether oxygens (including phenoxy) is 1. The third-order valence-corrected chi connectivity index (χ3v) is 5.00. The van der Waals surface area contributed by atoms with E-state index in [2.05, 4.69) is 5.32 Å². The second kappa shape index (κ2) is 7.54. The Morgan fingerprint density at radius 2 is 1.88 bits per heavy atom. The molecule has 2 atom stereocenters. The Balaban J connectivity index is 2.10. The molecule has 0 saturated carbocycles. The molecule has 6 nitrogen and oxygen atoms in total. The van der Waals surface area contributed by atoms with Crippen molar-refractivity contribution in [1.29, 1.82) is 0 Å². The molecule has 1 aliphatic heterocycles. The van der Waals surface area contributed by atoms with Crippen LogP contribution in [0.15, 0.2) is 29.2 Å². The van der Waals surface area contributed by atoms with Crippen LogP contribution in [0.5, 0.6) is 0 Å². The Morgan fingerprint density at radius 1 is 1.29 bits per heavy atom. The topological polar surface area (TPSA) is 75.7 Å². The van der Waals surface area contributed by atoms with E-state index >= 15 is 0 Å². The average Bonchev–Trinajstić information content (AvgIpc) is 2.46. The number of rotatable bonds is 5. The molecular weight excluding hydrogens is 342 g/mol. The van der Waals surface area contributed by atoms with Crippen LogP contribution in [0.1, 0.15) is 13.8 Å². The molecule has 0 bridgehead atoms. The Morgan fingerprint density at radius 3 is 2.46 bits per heavy atom. The maximum atomic E-state index is 12.8. The largest absolute Gasteiger partial charge is 0.373 e. The molecular formula is C15H20F2N2O4S. The summed E-state index contributed by atoms with van der Waals surface area (Å²) in [6, 6.07) is 5.14. The first-order valence-corrected chi connectivity index (χ1v) is 9.03. The van der Waals surface area contributed by atoms with E-state index in [9.17, 15) is 22.0 Å². The maximum Gasteiger partial charge on any atom is 0.341 e. The minimum Gasteiger partial charge on any atom is -0.373 e. The number of nitrogens with one attached hydrogen (secondary N) is 1. The van der Waals surface area contributed by atoms with Crippen molar-refractivity contribution in [2.24, 2.45) is 0 Å². The van der Waals surface area contributed by atoms with Gasteiger partial charge in [0.2, 0.25) is 15.7 Å². The van der Waals surface area contributed by atoms with E-state index in [0.29, 0.717) is 13.1 Å². The van der Waals surface area contributed by atoms with Crippen molar-refractivity contribution in [3.8, 4) is 0 Å². The summed E-state index contributed by atoms with van der Waals surface area (Å²) in [6.45, 7) is 4.95. The van der Waals surface area contributed by atoms with Crippen molar-refractivity contribution in [1.82, 2.24) is 4.90 Å². The highest BCUT2D eigenvalue weighted by Crippen LogP contribution is 2.26. The Hall–Kier alpha value is -1.58. The fourth-order valence-electron chi connectivity index (χ4n) is 2.72. The van der Waals surface area contributed by atoms with Crippen molar-refractivity contribution in [2.75, 3.05) is 25.0 Å². The number of carbonyl (C=O) groups is 1. The van der Waals surface area contributed by atoms with Crippen LogP contribution in [0.4, 0.5) is 14.5 Å². The highest BCUT2D eigenvalue weighted by atomic mass is 32.2. The van der Waals surface area contributed by atoms with Gasteiger partial charge in [-0.3, -0.25) is 9.69 Å². The van der Waals surface area contributed by atoms with Crippen molar-refractivity contribution in [2.45, 2.75) is 36.7 Å². The molecule has 1 fully saturated rings. The SMILES string of the molecule is CC1CN(CC(=O)Nc2ccccc2S(=O)(=O)C(F)F)CC(C)O1. The molecule has 9 heteroatoms. The van der Waals surface area contributed by atoms with Crippen LogP contribution in [-0.4, -0.2) is 56.8 Å². The fraction of sp³-hybridized carbons (Fsp3) is 0.533. The molecule has 0 radical (unpaired) electrons. The second-order valence-corrected chi connectivity index (χ2v) is 7.69. The maximum absolute atomic E-state index is 12.8. The number of morpholine rings is 1. The number of para-hydroxylation sites is 1. The van der Waals surface area contributed by atoms with Crippen molar-refractivity contribution < 1.29 is 26.7 Å². The third-order valence-electron chi connectivity index (χ3n) is 3.56. The summed E-state index contributed by atoms with van der Waals surface area (Å²) in [5, 5.41) is 2.41. The first-order chi connectivity index (χ1) is 11.2. The first kappa shape index (κ1) is 18.8. The Bertz CT molecular complexity index is 686. The van der Waals surface area contributed by atoms with Crippen molar-refractivity contribution >= 4 is 21.4 Å². The van der Waals surface area contributed by atoms with Gasteiger partial charge in [0.15, 0.2) is 0 Å². The van der Waals surface area contributed by atoms with Gasteiger partial charge in [-0.05, 0) is 26.0 Å². The van der Waals surface area contributed by atoms with Gasteiger partial charge in [-0.2, -0.15) is 8.78 Å². The lowest BCUT2D eigenvalue weighted by Crippen LogP contribution is -2.48. The number of nitrogens with zero attached hydrogens (tertiary/aromatic N) is 1. The van der Waals surface area contributed by atoms with Crippen LogP contribution >= 0.6 is 0 Å². The number of anilines is 1. The normalized spacial score (nSPS) is 22.5. The molecule has 1 N–H and O–H groups in total. The summed E-state index contributed by atoms with van der Waals surface area (Å²) in [4.78, 5) is 13.5. The van der Waals surface area contributed by atoms with E-state index < -0.39 is 26.4 Å². The number of amides is 1. The zero-order valence-corrected chi connectivity index (χ0v) is 14.2. The molecule has 1 aromatic rings. The number of alkyl halides is 2. The van der Waals surface area contributed by atoms with Gasteiger partial charge in [0, 0.05) is 13.1 Å². The minimum atomic E-state index is -4.79. The molecule has 1 saturated heterocycles. The molecule has 0 aromatic heterocycles. The van der Waals surface area contributed by atoms with Crippen molar-refractivity contribution in [3.63, 3.8) is 0 Å². The molecule has 1 aliphatic rings. The summed E-state index contributed by atoms with van der Waals surface area (Å²) in [5.41, 5.74) is -0.142. The van der Waals surface area contributed by atoms with Crippen LogP contribution in [0.3, 0.4) is 0 Å². The molecule has 24 heavy (non-hydrogen) atoms. The van der Waals surface area contributed by atoms with Crippen LogP contribution in [-0.2, 0) is 19.4 Å².